The van der Waals surface area contributed by atoms with Gasteiger partial charge in [-0.15, -0.1) is 0 Å². The summed E-state index contributed by atoms with van der Waals surface area (Å²) in [7, 11) is 0. The molecule has 0 aliphatic heterocycles. The molecule has 6 heteroatoms. The van der Waals surface area contributed by atoms with Crippen molar-refractivity contribution in [1.82, 2.24) is 0 Å². The zero-order chi connectivity index (χ0) is 15.4. The second kappa shape index (κ2) is 6.95. The summed E-state index contributed by atoms with van der Waals surface area (Å²) >= 11 is 3.26. The summed E-state index contributed by atoms with van der Waals surface area (Å²) < 4.78 is 42.9. The molecule has 2 N–H and O–H groups in total. The summed E-state index contributed by atoms with van der Waals surface area (Å²) in [4.78, 5) is 0. The highest BCUT2D eigenvalue weighted by Gasteiger charge is 2.16. The van der Waals surface area contributed by atoms with E-state index in [1.165, 1.54) is 18.2 Å². The molecule has 0 aromatic heterocycles. The summed E-state index contributed by atoms with van der Waals surface area (Å²) in [6, 6.07) is 10.1. The minimum absolute atomic E-state index is 0.0539. The molecule has 21 heavy (non-hydrogen) atoms. The maximum Gasteiger partial charge on any atom is 0.387 e. The Balaban J connectivity index is 2.22. The largest absolute Gasteiger partial charge is 0.434 e. The van der Waals surface area contributed by atoms with Crippen LogP contribution in [0.2, 0.25) is 0 Å². The summed E-state index contributed by atoms with van der Waals surface area (Å²) in [5, 5.41) is 0. The fraction of sp³-hybridized carbons (Fsp3) is 0.200. The molecule has 0 radical (unpaired) electrons. The highest BCUT2D eigenvalue weighted by atomic mass is 79.9. The Morgan fingerprint density at radius 1 is 1.14 bits per heavy atom. The van der Waals surface area contributed by atoms with Crippen LogP contribution >= 0.6 is 15.9 Å². The average molecular weight is 360 g/mol. The van der Waals surface area contributed by atoms with Gasteiger partial charge >= 0.3 is 6.61 Å². The molecule has 0 saturated heterocycles. The van der Waals surface area contributed by atoms with Gasteiger partial charge in [-0.05, 0) is 30.2 Å². The van der Waals surface area contributed by atoms with Gasteiger partial charge < -0.3 is 10.5 Å². The first kappa shape index (κ1) is 15.9. The van der Waals surface area contributed by atoms with E-state index in [4.69, 9.17) is 5.73 Å². The first-order chi connectivity index (χ1) is 9.97. The van der Waals surface area contributed by atoms with Gasteiger partial charge in [0, 0.05) is 16.1 Å². The molecule has 1 atom stereocenters. The first-order valence-electron chi connectivity index (χ1n) is 6.20. The predicted octanol–water partition coefficient (Wildman–Crippen LogP) is 4.43. The van der Waals surface area contributed by atoms with Crippen molar-refractivity contribution >= 4 is 15.9 Å². The molecule has 0 saturated carbocycles. The fourth-order valence-electron chi connectivity index (χ4n) is 2.02. The van der Waals surface area contributed by atoms with Crippen molar-refractivity contribution in [3.63, 3.8) is 0 Å². The molecule has 112 valence electrons. The normalized spacial score (nSPS) is 12.5. The highest BCUT2D eigenvalue weighted by Crippen LogP contribution is 2.29. The molecule has 2 aromatic rings. The zero-order valence-corrected chi connectivity index (χ0v) is 12.5. The van der Waals surface area contributed by atoms with Crippen LogP contribution in [0.15, 0.2) is 46.9 Å². The van der Waals surface area contributed by atoms with E-state index in [0.717, 1.165) is 5.56 Å². The van der Waals surface area contributed by atoms with Gasteiger partial charge in [0.2, 0.25) is 0 Å². The molecule has 0 amide bonds. The number of benzene rings is 2. The van der Waals surface area contributed by atoms with Crippen molar-refractivity contribution in [2.24, 2.45) is 5.73 Å². The number of ether oxygens (including phenoxy) is 1. The van der Waals surface area contributed by atoms with Crippen LogP contribution in [-0.4, -0.2) is 6.61 Å². The Bertz CT molecular complexity index is 622. The quantitative estimate of drug-likeness (QED) is 0.856. The maximum atomic E-state index is 13.1. The summed E-state index contributed by atoms with van der Waals surface area (Å²) in [5.74, 6) is -0.307. The van der Waals surface area contributed by atoms with E-state index in [9.17, 15) is 13.2 Å². The second-order valence-electron chi connectivity index (χ2n) is 4.46. The predicted molar refractivity (Wildman–Crippen MR) is 77.8 cm³/mol. The molecule has 2 rings (SSSR count). The SMILES string of the molecule is NC(Cc1ccc(F)cc1Br)c1ccccc1OC(F)F. The Morgan fingerprint density at radius 2 is 1.86 bits per heavy atom. The highest BCUT2D eigenvalue weighted by molar-refractivity contribution is 9.10. The van der Waals surface area contributed by atoms with Crippen molar-refractivity contribution in [3.8, 4) is 5.75 Å². The van der Waals surface area contributed by atoms with Gasteiger partial charge in [-0.1, -0.05) is 40.2 Å². The summed E-state index contributed by atoms with van der Waals surface area (Å²) in [6.45, 7) is -2.91. The van der Waals surface area contributed by atoms with E-state index in [1.807, 2.05) is 0 Å². The molecule has 0 heterocycles. The molecule has 2 aromatic carbocycles. The maximum absolute atomic E-state index is 13.1. The lowest BCUT2D eigenvalue weighted by Crippen LogP contribution is -2.16. The number of hydrogen-bond donors (Lipinski definition) is 1. The lowest BCUT2D eigenvalue weighted by molar-refractivity contribution is -0.0506. The molecule has 1 unspecified atom stereocenters. The molecule has 0 bridgehead atoms. The van der Waals surface area contributed by atoms with E-state index < -0.39 is 12.7 Å². The van der Waals surface area contributed by atoms with Crippen LogP contribution < -0.4 is 10.5 Å². The lowest BCUT2D eigenvalue weighted by Gasteiger charge is -2.17. The van der Waals surface area contributed by atoms with Crippen LogP contribution in [0.4, 0.5) is 13.2 Å². The van der Waals surface area contributed by atoms with Crippen LogP contribution in [-0.2, 0) is 6.42 Å². The van der Waals surface area contributed by atoms with Gasteiger partial charge in [0.15, 0.2) is 0 Å². The van der Waals surface area contributed by atoms with Crippen LogP contribution in [0.3, 0.4) is 0 Å². The summed E-state index contributed by atoms with van der Waals surface area (Å²) in [6.07, 6.45) is 0.366. The molecular formula is C15H13BrF3NO. The third-order valence-corrected chi connectivity index (χ3v) is 3.73. The Labute approximate surface area is 128 Å². The Morgan fingerprint density at radius 3 is 2.52 bits per heavy atom. The van der Waals surface area contributed by atoms with Crippen molar-refractivity contribution in [2.75, 3.05) is 0 Å². The summed E-state index contributed by atoms with van der Waals surface area (Å²) in [5.41, 5.74) is 7.34. The van der Waals surface area contributed by atoms with Gasteiger partial charge in [0.25, 0.3) is 0 Å². The van der Waals surface area contributed by atoms with Crippen molar-refractivity contribution < 1.29 is 17.9 Å². The van der Waals surface area contributed by atoms with Crippen LogP contribution in [0, 0.1) is 5.82 Å². The average Bonchev–Trinajstić information content (AvgIpc) is 2.42. The van der Waals surface area contributed by atoms with Gasteiger partial charge in [-0.3, -0.25) is 0 Å². The van der Waals surface area contributed by atoms with E-state index in [2.05, 4.69) is 20.7 Å². The topological polar surface area (TPSA) is 35.2 Å². The van der Waals surface area contributed by atoms with Crippen molar-refractivity contribution in [1.29, 1.82) is 0 Å². The van der Waals surface area contributed by atoms with E-state index in [0.29, 0.717) is 16.5 Å². The minimum atomic E-state index is -2.91. The standard InChI is InChI=1S/C15H13BrF3NO/c16-12-8-10(17)6-5-9(12)7-13(20)11-3-1-2-4-14(11)21-15(18)19/h1-6,8,13,15H,7,20H2. The van der Waals surface area contributed by atoms with Crippen molar-refractivity contribution in [3.05, 3.63) is 63.9 Å². The van der Waals surface area contributed by atoms with Gasteiger partial charge in [0.1, 0.15) is 11.6 Å². The van der Waals surface area contributed by atoms with Crippen LogP contribution in [0.5, 0.6) is 5.75 Å². The molecule has 0 spiro atoms. The number of hydrogen-bond acceptors (Lipinski definition) is 2. The third kappa shape index (κ3) is 4.22. The van der Waals surface area contributed by atoms with E-state index >= 15 is 0 Å². The first-order valence-corrected chi connectivity index (χ1v) is 7.00. The second-order valence-corrected chi connectivity index (χ2v) is 5.32. The van der Waals surface area contributed by atoms with Crippen LogP contribution in [0.25, 0.3) is 0 Å². The Hall–Kier alpha value is -1.53. The Kier molecular flexibility index (Phi) is 5.25. The number of nitrogens with two attached hydrogens (primary N) is 1. The van der Waals surface area contributed by atoms with Crippen molar-refractivity contribution in [2.45, 2.75) is 19.1 Å². The number of halogens is 4. The monoisotopic (exact) mass is 359 g/mol. The number of rotatable bonds is 5. The van der Waals surface area contributed by atoms with E-state index in [-0.39, 0.29) is 11.6 Å². The van der Waals surface area contributed by atoms with Crippen LogP contribution in [0.1, 0.15) is 17.2 Å². The molecular weight excluding hydrogens is 347 g/mol. The fourth-order valence-corrected chi connectivity index (χ4v) is 2.54. The molecule has 0 aliphatic rings. The molecule has 2 nitrogen and oxygen atoms in total. The smallest absolute Gasteiger partial charge is 0.387 e. The minimum Gasteiger partial charge on any atom is -0.434 e. The van der Waals surface area contributed by atoms with Gasteiger partial charge in [-0.2, -0.15) is 8.78 Å². The number of alkyl halides is 2. The number of para-hydroxylation sites is 1. The molecule has 0 fully saturated rings. The zero-order valence-electron chi connectivity index (χ0n) is 10.9. The van der Waals surface area contributed by atoms with E-state index in [1.54, 1.807) is 24.3 Å². The van der Waals surface area contributed by atoms with Gasteiger partial charge in [0.05, 0.1) is 0 Å². The van der Waals surface area contributed by atoms with Gasteiger partial charge in [-0.25, -0.2) is 4.39 Å². The molecule has 0 aliphatic carbocycles. The third-order valence-electron chi connectivity index (χ3n) is 2.99. The lowest BCUT2D eigenvalue weighted by atomic mass is 9.99.